The van der Waals surface area contributed by atoms with E-state index >= 15 is 0 Å². The largest absolute Gasteiger partial charge is 0.285 e. The van der Waals surface area contributed by atoms with E-state index in [2.05, 4.69) is 20.1 Å². The molecule has 1 aliphatic rings. The van der Waals surface area contributed by atoms with Gasteiger partial charge in [0.2, 0.25) is 32.8 Å². The van der Waals surface area contributed by atoms with Crippen molar-refractivity contribution in [2.45, 2.75) is 0 Å². The maximum Gasteiger partial charge on any atom is 0.234 e. The number of nitrogens with zero attached hydrogens (tertiary/aromatic N) is 4. The van der Waals surface area contributed by atoms with Crippen molar-refractivity contribution in [1.82, 2.24) is 9.82 Å². The molecule has 0 spiro atoms. The summed E-state index contributed by atoms with van der Waals surface area (Å²) in [7, 11) is 0. The van der Waals surface area contributed by atoms with E-state index in [-0.39, 0.29) is 0 Å². The average Bonchev–Trinajstić information content (AvgIpc) is 2.28. The van der Waals surface area contributed by atoms with Gasteiger partial charge in [-0.15, -0.1) is 0 Å². The summed E-state index contributed by atoms with van der Waals surface area (Å²) in [6.45, 7) is 0. The van der Waals surface area contributed by atoms with Gasteiger partial charge < -0.3 is 0 Å². The molecule has 16 heavy (non-hydrogen) atoms. The Hall–Kier alpha value is -1.98. The Labute approximate surface area is 97.4 Å². The van der Waals surface area contributed by atoms with Crippen LogP contribution in [0.3, 0.4) is 0 Å². The van der Waals surface area contributed by atoms with Crippen LogP contribution in [-0.4, -0.2) is 11.6 Å². The minimum Gasteiger partial charge on any atom is -0.285 e. The van der Waals surface area contributed by atoms with Crippen molar-refractivity contribution >= 4 is 34.8 Å². The first-order chi connectivity index (χ1) is 7.54. The molecule has 0 unspecified atom stereocenters. The molecule has 0 heterocycles. The molecular weight excluding hydrogens is 259 g/mol. The van der Waals surface area contributed by atoms with Crippen molar-refractivity contribution in [2.24, 2.45) is 10.2 Å². The van der Waals surface area contributed by atoms with E-state index in [0.29, 0.717) is 0 Å². The van der Waals surface area contributed by atoms with Crippen molar-refractivity contribution in [3.63, 3.8) is 0 Å². The van der Waals surface area contributed by atoms with Gasteiger partial charge in [-0.2, -0.15) is 0 Å². The molecular formula is C6H2Cl2N6O2+2. The monoisotopic (exact) mass is 260 g/mol. The number of carbonyl (C=O) groups is 2. The first-order valence-electron chi connectivity index (χ1n) is 3.58. The van der Waals surface area contributed by atoms with Gasteiger partial charge in [0.15, 0.2) is 10.2 Å². The average molecular weight is 261 g/mol. The van der Waals surface area contributed by atoms with Gasteiger partial charge in [-0.1, -0.05) is 23.2 Å². The number of rotatable bonds is 2. The van der Waals surface area contributed by atoms with Gasteiger partial charge >= 0.3 is 0 Å². The van der Waals surface area contributed by atoms with Crippen molar-refractivity contribution in [1.29, 1.82) is 11.1 Å². The van der Waals surface area contributed by atoms with Crippen LogP contribution < -0.4 is 9.82 Å². The fraction of sp³-hybridized carbons (Fsp3) is 0. The molecule has 0 aliphatic heterocycles. The molecule has 1 aliphatic carbocycles. The molecule has 2 N–H and O–H groups in total. The van der Waals surface area contributed by atoms with Gasteiger partial charge in [-0.3, -0.25) is 9.59 Å². The number of carbonyl (C=O) groups excluding carboxylic acids is 2. The fourth-order valence-electron chi connectivity index (χ4n) is 0.901. The van der Waals surface area contributed by atoms with Crippen LogP contribution in [0.5, 0.6) is 0 Å². The third-order valence-electron chi connectivity index (χ3n) is 1.54. The van der Waals surface area contributed by atoms with E-state index in [1.165, 1.54) is 0 Å². The lowest BCUT2D eigenvalue weighted by molar-refractivity contribution is -0.115. The molecule has 0 aromatic carbocycles. The topological polar surface area (TPSA) is 135 Å². The Morgan fingerprint density at radius 2 is 1.19 bits per heavy atom. The summed E-state index contributed by atoms with van der Waals surface area (Å²) < 4.78 is 0. The molecule has 8 nitrogen and oxygen atoms in total. The zero-order valence-corrected chi connectivity index (χ0v) is 8.87. The van der Waals surface area contributed by atoms with Crippen LogP contribution in [-0.2, 0) is 9.59 Å². The van der Waals surface area contributed by atoms with Crippen LogP contribution in [0.4, 0.5) is 0 Å². The van der Waals surface area contributed by atoms with Gasteiger partial charge in [-0.25, -0.2) is 0 Å². The van der Waals surface area contributed by atoms with Crippen LogP contribution in [0.15, 0.2) is 31.7 Å². The van der Waals surface area contributed by atoms with Crippen molar-refractivity contribution < 1.29 is 9.59 Å². The fourth-order valence-corrected chi connectivity index (χ4v) is 1.33. The molecule has 0 aromatic rings. The second kappa shape index (κ2) is 4.69. The molecule has 80 valence electrons. The Bertz CT molecular complexity index is 499. The predicted molar refractivity (Wildman–Crippen MR) is 50.3 cm³/mol. The van der Waals surface area contributed by atoms with Gasteiger partial charge in [-0.05, 0) is 0 Å². The number of Topliss-reactive ketones (excluding diaryl/α,β-unsaturated/α-hetero) is 2. The van der Waals surface area contributed by atoms with Crippen LogP contribution in [0.2, 0.25) is 0 Å². The Morgan fingerprint density at radius 1 is 0.875 bits per heavy atom. The van der Waals surface area contributed by atoms with Crippen LogP contribution in [0, 0.1) is 11.1 Å². The van der Waals surface area contributed by atoms with Crippen LogP contribution in [0.1, 0.15) is 0 Å². The van der Waals surface area contributed by atoms with Gasteiger partial charge in [0.05, 0.1) is 0 Å². The minimum absolute atomic E-state index is 0.532. The lowest BCUT2D eigenvalue weighted by atomic mass is 10.1. The molecule has 0 atom stereocenters. The zero-order chi connectivity index (χ0) is 12.3. The summed E-state index contributed by atoms with van der Waals surface area (Å²) in [5.41, 5.74) is 11.8. The van der Waals surface area contributed by atoms with E-state index < -0.39 is 33.0 Å². The summed E-state index contributed by atoms with van der Waals surface area (Å²) in [5, 5.41) is 5.02. The third kappa shape index (κ3) is 1.86. The number of hydrogen-bond donors (Lipinski definition) is 2. The number of allylic oxidation sites excluding steroid dienone is 2. The highest BCUT2D eigenvalue weighted by molar-refractivity contribution is 6.55. The van der Waals surface area contributed by atoms with Crippen molar-refractivity contribution in [3.05, 3.63) is 21.5 Å². The highest BCUT2D eigenvalue weighted by Crippen LogP contribution is 2.29. The minimum atomic E-state index is -0.898. The second-order valence-corrected chi connectivity index (χ2v) is 3.14. The first-order valence-corrected chi connectivity index (χ1v) is 4.34. The van der Waals surface area contributed by atoms with E-state index in [0.717, 1.165) is 0 Å². The maximum atomic E-state index is 11.5. The van der Waals surface area contributed by atoms with Crippen molar-refractivity contribution in [3.8, 4) is 0 Å². The normalized spacial score (nSPS) is 15.9. The number of halogens is 2. The summed E-state index contributed by atoms with van der Waals surface area (Å²) in [6.07, 6.45) is 0. The Morgan fingerprint density at radius 3 is 1.44 bits per heavy atom. The Kier molecular flexibility index (Phi) is 3.55. The van der Waals surface area contributed by atoms with Gasteiger partial charge in [0.1, 0.15) is 21.1 Å². The molecule has 1 rings (SSSR count). The molecule has 0 radical (unpaired) electrons. The van der Waals surface area contributed by atoms with Crippen LogP contribution >= 0.6 is 23.2 Å². The summed E-state index contributed by atoms with van der Waals surface area (Å²) in [6, 6.07) is 0. The van der Waals surface area contributed by atoms with E-state index in [9.17, 15) is 9.59 Å². The van der Waals surface area contributed by atoms with Gasteiger partial charge in [0, 0.05) is 0 Å². The lowest BCUT2D eigenvalue weighted by Gasteiger charge is -2.04. The highest BCUT2D eigenvalue weighted by Gasteiger charge is 2.38. The summed E-state index contributed by atoms with van der Waals surface area (Å²) >= 11 is 11.0. The predicted octanol–water partition coefficient (Wildman–Crippen LogP) is 1.14. The maximum absolute atomic E-state index is 11.5. The molecule has 0 saturated carbocycles. The third-order valence-corrected chi connectivity index (χ3v) is 2.25. The number of nitrogens with one attached hydrogen (secondary N) is 2. The highest BCUT2D eigenvalue weighted by atomic mass is 35.5. The summed E-state index contributed by atoms with van der Waals surface area (Å²) in [5.74, 6) is -1.80. The zero-order valence-electron chi connectivity index (χ0n) is 7.36. The SMILES string of the molecule is N=[N+]=NC1=C(Cl)C(=O)C(N=[N+]=N)=C(Cl)C1=O. The van der Waals surface area contributed by atoms with Crippen molar-refractivity contribution in [2.75, 3.05) is 0 Å². The molecule has 0 amide bonds. The first kappa shape index (κ1) is 12.1. The molecule has 0 fully saturated rings. The second-order valence-electron chi connectivity index (χ2n) is 2.38. The lowest BCUT2D eigenvalue weighted by Crippen LogP contribution is -2.18. The quantitative estimate of drug-likeness (QED) is 0.437. The number of hydrogen-bond acceptors (Lipinski definition) is 6. The number of ketones is 2. The molecule has 0 aromatic heterocycles. The summed E-state index contributed by atoms with van der Waals surface area (Å²) in [4.78, 5) is 28.1. The Balaban J connectivity index is 3.47. The van der Waals surface area contributed by atoms with Gasteiger partial charge in [0.25, 0.3) is 0 Å². The molecule has 0 bridgehead atoms. The van der Waals surface area contributed by atoms with E-state index in [4.69, 9.17) is 34.3 Å². The van der Waals surface area contributed by atoms with Crippen LogP contribution in [0.25, 0.3) is 0 Å². The molecule has 10 heteroatoms. The van der Waals surface area contributed by atoms with E-state index in [1.54, 1.807) is 0 Å². The smallest absolute Gasteiger partial charge is 0.234 e. The molecule has 0 saturated heterocycles. The standard InChI is InChI=1S/C6H2Cl2N6O2/c7-1-3(11-13-9)6(16)2(8)4(5(1)15)12-14-10/h9-10H/q+2. The van der Waals surface area contributed by atoms with E-state index in [1.807, 2.05) is 0 Å².